The van der Waals surface area contributed by atoms with Gasteiger partial charge in [0.1, 0.15) is 15.7 Å². The summed E-state index contributed by atoms with van der Waals surface area (Å²) in [5.41, 5.74) is 2.21. The van der Waals surface area contributed by atoms with Crippen LogP contribution in [0.4, 0.5) is 0 Å². The number of imidazole rings is 1. The predicted molar refractivity (Wildman–Crippen MR) is 83.4 cm³/mol. The molecular weight excluding hydrogens is 280 g/mol. The highest BCUT2D eigenvalue weighted by Crippen LogP contribution is 2.29. The van der Waals surface area contributed by atoms with E-state index in [1.807, 2.05) is 42.6 Å². The van der Waals surface area contributed by atoms with E-state index in [0.29, 0.717) is 6.04 Å². The van der Waals surface area contributed by atoms with Gasteiger partial charge >= 0.3 is 0 Å². The molecule has 1 aliphatic rings. The summed E-state index contributed by atoms with van der Waals surface area (Å²) in [5.74, 6) is 0. The van der Waals surface area contributed by atoms with Gasteiger partial charge in [-0.25, -0.2) is 9.97 Å². The molecule has 0 aliphatic heterocycles. The average Bonchev–Trinajstić information content (AvgIpc) is 3.28. The minimum Gasteiger partial charge on any atom is -0.308 e. The van der Waals surface area contributed by atoms with Crippen molar-refractivity contribution in [2.24, 2.45) is 0 Å². The number of hydrogen-bond donors (Lipinski definition) is 1. The van der Waals surface area contributed by atoms with Gasteiger partial charge in [0.2, 0.25) is 0 Å². The van der Waals surface area contributed by atoms with Gasteiger partial charge in [-0.3, -0.25) is 0 Å². The lowest BCUT2D eigenvalue weighted by molar-refractivity contribution is 0.661. The first-order valence-electron chi connectivity index (χ1n) is 7.18. The number of pyridine rings is 2. The Bertz CT molecular complexity index is 749. The second-order valence-electron chi connectivity index (χ2n) is 5.22. The molecule has 0 unspecified atom stereocenters. The minimum atomic E-state index is 0.687. The molecule has 0 aromatic carbocycles. The molecule has 0 amide bonds. The number of nitrogens with one attached hydrogen (secondary N) is 1. The Morgan fingerprint density at radius 1 is 1.19 bits per heavy atom. The largest absolute Gasteiger partial charge is 0.308 e. The molecule has 0 atom stereocenters. The summed E-state index contributed by atoms with van der Waals surface area (Å²) in [6.45, 7) is 0.852. The number of aromatic nitrogens is 3. The van der Waals surface area contributed by atoms with Crippen molar-refractivity contribution in [3.63, 3.8) is 0 Å². The fraction of sp³-hybridized carbons (Fsp3) is 0.250. The van der Waals surface area contributed by atoms with E-state index in [9.17, 15) is 0 Å². The Morgan fingerprint density at radius 3 is 2.90 bits per heavy atom. The van der Waals surface area contributed by atoms with Gasteiger partial charge in [-0.05, 0) is 48.9 Å². The normalized spacial score (nSPS) is 14.7. The maximum Gasteiger partial charge on any atom is 0.138 e. The summed E-state index contributed by atoms with van der Waals surface area (Å²) < 4.78 is 2.17. The van der Waals surface area contributed by atoms with Crippen LogP contribution in [0.25, 0.3) is 5.65 Å². The maximum absolute atomic E-state index is 4.75. The third-order valence-corrected chi connectivity index (χ3v) is 4.54. The topological polar surface area (TPSA) is 42.2 Å². The van der Waals surface area contributed by atoms with E-state index in [-0.39, 0.29) is 0 Å². The van der Waals surface area contributed by atoms with Crippen LogP contribution in [0.2, 0.25) is 0 Å². The van der Waals surface area contributed by atoms with E-state index >= 15 is 0 Å². The molecule has 1 saturated carbocycles. The Kier molecular flexibility index (Phi) is 3.37. The second-order valence-corrected chi connectivity index (χ2v) is 6.23. The Balaban J connectivity index is 1.69. The average molecular weight is 296 g/mol. The van der Waals surface area contributed by atoms with E-state index in [0.717, 1.165) is 22.2 Å². The van der Waals surface area contributed by atoms with E-state index in [4.69, 9.17) is 4.98 Å². The van der Waals surface area contributed by atoms with Crippen LogP contribution < -0.4 is 5.32 Å². The summed E-state index contributed by atoms with van der Waals surface area (Å²) in [7, 11) is 0. The molecule has 4 nitrogen and oxygen atoms in total. The second kappa shape index (κ2) is 5.50. The Morgan fingerprint density at radius 2 is 2.10 bits per heavy atom. The van der Waals surface area contributed by atoms with Crippen LogP contribution >= 0.6 is 11.8 Å². The minimum absolute atomic E-state index is 0.687. The van der Waals surface area contributed by atoms with Crippen LogP contribution in [-0.2, 0) is 6.54 Å². The number of fused-ring (bicyclic) bond motifs is 1. The first-order valence-corrected chi connectivity index (χ1v) is 8.00. The van der Waals surface area contributed by atoms with Crippen LogP contribution in [0.3, 0.4) is 0 Å². The maximum atomic E-state index is 4.75. The smallest absolute Gasteiger partial charge is 0.138 e. The highest BCUT2D eigenvalue weighted by molar-refractivity contribution is 7.99. The van der Waals surface area contributed by atoms with Crippen molar-refractivity contribution in [1.29, 1.82) is 0 Å². The quantitative estimate of drug-likeness (QED) is 0.785. The fourth-order valence-corrected chi connectivity index (χ4v) is 3.19. The zero-order valence-electron chi connectivity index (χ0n) is 11.6. The lowest BCUT2D eigenvalue weighted by Gasteiger charge is -2.05. The monoisotopic (exact) mass is 296 g/mol. The van der Waals surface area contributed by atoms with Crippen molar-refractivity contribution in [2.75, 3.05) is 0 Å². The van der Waals surface area contributed by atoms with Gasteiger partial charge in [-0.2, -0.15) is 0 Å². The molecule has 4 rings (SSSR count). The van der Waals surface area contributed by atoms with Gasteiger partial charge in [0, 0.05) is 25.0 Å². The van der Waals surface area contributed by atoms with Crippen LogP contribution in [0.5, 0.6) is 0 Å². The van der Waals surface area contributed by atoms with Gasteiger partial charge in [-0.1, -0.05) is 12.1 Å². The molecule has 1 aliphatic carbocycles. The lowest BCUT2D eigenvalue weighted by atomic mass is 10.4. The van der Waals surface area contributed by atoms with Gasteiger partial charge in [0.05, 0.1) is 5.69 Å². The lowest BCUT2D eigenvalue weighted by Crippen LogP contribution is -2.17. The predicted octanol–water partition coefficient (Wildman–Crippen LogP) is 3.13. The SMILES string of the molecule is c1ccc(Sc2nc3ccccn3c2CNC2CC2)nc1. The number of hydrogen-bond acceptors (Lipinski definition) is 4. The van der Waals surface area contributed by atoms with Gasteiger partial charge in [0.25, 0.3) is 0 Å². The van der Waals surface area contributed by atoms with E-state index in [2.05, 4.69) is 20.9 Å². The van der Waals surface area contributed by atoms with E-state index in [1.54, 1.807) is 11.8 Å². The van der Waals surface area contributed by atoms with Crippen molar-refractivity contribution in [1.82, 2.24) is 19.7 Å². The molecule has 1 fully saturated rings. The molecule has 3 heterocycles. The van der Waals surface area contributed by atoms with Gasteiger partial charge < -0.3 is 9.72 Å². The van der Waals surface area contributed by atoms with Crippen LogP contribution in [0.1, 0.15) is 18.5 Å². The first kappa shape index (κ1) is 12.9. The summed E-state index contributed by atoms with van der Waals surface area (Å²) in [4.78, 5) is 9.14. The zero-order valence-corrected chi connectivity index (χ0v) is 12.4. The van der Waals surface area contributed by atoms with Crippen LogP contribution in [0.15, 0.2) is 58.8 Å². The number of rotatable bonds is 5. The van der Waals surface area contributed by atoms with Crippen molar-refractivity contribution in [3.05, 3.63) is 54.5 Å². The highest BCUT2D eigenvalue weighted by Gasteiger charge is 2.22. The van der Waals surface area contributed by atoms with E-state index in [1.165, 1.54) is 18.5 Å². The summed E-state index contributed by atoms with van der Waals surface area (Å²) >= 11 is 1.63. The van der Waals surface area contributed by atoms with Crippen molar-refractivity contribution in [3.8, 4) is 0 Å². The molecular formula is C16H16N4S. The van der Waals surface area contributed by atoms with Crippen LogP contribution in [0, 0.1) is 0 Å². The molecule has 1 N–H and O–H groups in total. The Labute approximate surface area is 127 Å². The molecule has 0 spiro atoms. The molecule has 3 aromatic heterocycles. The van der Waals surface area contributed by atoms with Gasteiger partial charge in [-0.15, -0.1) is 0 Å². The molecule has 0 saturated heterocycles. The highest BCUT2D eigenvalue weighted by atomic mass is 32.2. The summed E-state index contributed by atoms with van der Waals surface area (Å²) in [6, 6.07) is 12.8. The zero-order chi connectivity index (χ0) is 14.1. The molecule has 106 valence electrons. The molecule has 5 heteroatoms. The molecule has 0 radical (unpaired) electrons. The summed E-state index contributed by atoms with van der Waals surface area (Å²) in [5, 5.41) is 5.60. The van der Waals surface area contributed by atoms with Crippen LogP contribution in [-0.4, -0.2) is 20.4 Å². The number of nitrogens with zero attached hydrogens (tertiary/aromatic N) is 3. The van der Waals surface area contributed by atoms with Crippen molar-refractivity contribution in [2.45, 2.75) is 35.5 Å². The summed E-state index contributed by atoms with van der Waals surface area (Å²) in [6.07, 6.45) is 6.48. The molecule has 0 bridgehead atoms. The van der Waals surface area contributed by atoms with E-state index < -0.39 is 0 Å². The molecule has 21 heavy (non-hydrogen) atoms. The Hall–Kier alpha value is -1.85. The van der Waals surface area contributed by atoms with Gasteiger partial charge in [0.15, 0.2) is 0 Å². The standard InChI is InChI=1S/C16H16N4S/c1-3-9-17-15(6-1)21-16-13(11-18-12-7-8-12)20-10-4-2-5-14(20)19-16/h1-6,9-10,12,18H,7-8,11H2. The first-order chi connectivity index (χ1) is 10.4. The fourth-order valence-electron chi connectivity index (χ4n) is 2.30. The third-order valence-electron chi connectivity index (χ3n) is 3.57. The third kappa shape index (κ3) is 2.80. The van der Waals surface area contributed by atoms with Crippen molar-refractivity contribution < 1.29 is 0 Å². The van der Waals surface area contributed by atoms with Crippen molar-refractivity contribution >= 4 is 17.4 Å². The molecule has 3 aromatic rings.